The first-order chi connectivity index (χ1) is 8.91. The second kappa shape index (κ2) is 5.00. The van der Waals surface area contributed by atoms with E-state index in [9.17, 15) is 13.2 Å². The van der Waals surface area contributed by atoms with Crippen LogP contribution in [0.15, 0.2) is 30.7 Å². The summed E-state index contributed by atoms with van der Waals surface area (Å²) in [5.41, 5.74) is 0.163. The molecule has 0 aliphatic rings. The normalized spacial score (nSPS) is 13.5. The number of nitrogens with one attached hydrogen (secondary N) is 1. The lowest BCUT2D eigenvalue weighted by Gasteiger charge is -2.10. The minimum atomic E-state index is -4.39. The van der Waals surface area contributed by atoms with Crippen LogP contribution >= 0.6 is 0 Å². The third kappa shape index (κ3) is 2.93. The number of pyridine rings is 1. The minimum absolute atomic E-state index is 0.130. The highest BCUT2D eigenvalue weighted by Crippen LogP contribution is 2.28. The third-order valence-corrected chi connectivity index (χ3v) is 2.85. The van der Waals surface area contributed by atoms with E-state index >= 15 is 0 Å². The summed E-state index contributed by atoms with van der Waals surface area (Å²) in [7, 11) is 1.82. The van der Waals surface area contributed by atoms with Crippen LogP contribution in [-0.2, 0) is 6.18 Å². The Morgan fingerprint density at radius 1 is 1.26 bits per heavy atom. The van der Waals surface area contributed by atoms with Crippen molar-refractivity contribution in [2.75, 3.05) is 7.05 Å². The van der Waals surface area contributed by atoms with Crippen molar-refractivity contribution < 1.29 is 13.2 Å². The summed E-state index contributed by atoms with van der Waals surface area (Å²) in [5.74, 6) is 0.350. The lowest BCUT2D eigenvalue weighted by atomic mass is 10.1. The standard InChI is InChI=1S/C12H13F3N4/c1-8(16-2)9-3-4-11(17-5-9)19-7-10(6-18-19)12(13,14)15/h3-8,16H,1-2H3. The Kier molecular flexibility index (Phi) is 3.57. The Morgan fingerprint density at radius 2 is 2.00 bits per heavy atom. The Hall–Kier alpha value is -1.89. The molecule has 0 spiro atoms. The maximum Gasteiger partial charge on any atom is 0.419 e. The molecule has 7 heteroatoms. The molecular formula is C12H13F3N4. The van der Waals surface area contributed by atoms with Crippen LogP contribution < -0.4 is 5.32 Å². The van der Waals surface area contributed by atoms with Gasteiger partial charge < -0.3 is 5.32 Å². The van der Waals surface area contributed by atoms with Crippen molar-refractivity contribution in [2.24, 2.45) is 0 Å². The molecule has 0 bridgehead atoms. The summed E-state index contributed by atoms with van der Waals surface area (Å²) >= 11 is 0. The number of nitrogens with zero attached hydrogens (tertiary/aromatic N) is 3. The van der Waals surface area contributed by atoms with Gasteiger partial charge in [-0.2, -0.15) is 18.3 Å². The average molecular weight is 270 g/mol. The van der Waals surface area contributed by atoms with Crippen LogP contribution in [0.5, 0.6) is 0 Å². The van der Waals surface area contributed by atoms with E-state index in [2.05, 4.69) is 15.4 Å². The fourth-order valence-electron chi connectivity index (χ4n) is 1.55. The molecule has 102 valence electrons. The van der Waals surface area contributed by atoms with Gasteiger partial charge in [0.1, 0.15) is 0 Å². The second-order valence-corrected chi connectivity index (χ2v) is 4.13. The molecular weight excluding hydrogens is 257 g/mol. The van der Waals surface area contributed by atoms with Gasteiger partial charge in [-0.05, 0) is 25.6 Å². The fraction of sp³-hybridized carbons (Fsp3) is 0.333. The lowest BCUT2D eigenvalue weighted by molar-refractivity contribution is -0.137. The lowest BCUT2D eigenvalue weighted by Crippen LogP contribution is -2.12. The van der Waals surface area contributed by atoms with Gasteiger partial charge in [0, 0.05) is 18.4 Å². The van der Waals surface area contributed by atoms with Gasteiger partial charge >= 0.3 is 6.18 Å². The summed E-state index contributed by atoms with van der Waals surface area (Å²) in [6, 6.07) is 3.57. The monoisotopic (exact) mass is 270 g/mol. The molecule has 0 radical (unpaired) electrons. The molecule has 2 aromatic rings. The van der Waals surface area contributed by atoms with Gasteiger partial charge in [-0.15, -0.1) is 0 Å². The number of aromatic nitrogens is 3. The maximum absolute atomic E-state index is 12.5. The molecule has 1 atom stereocenters. The van der Waals surface area contributed by atoms with E-state index in [1.165, 1.54) is 0 Å². The highest BCUT2D eigenvalue weighted by atomic mass is 19.4. The molecule has 0 amide bonds. The van der Waals surface area contributed by atoms with Crippen LogP contribution in [0.2, 0.25) is 0 Å². The third-order valence-electron chi connectivity index (χ3n) is 2.85. The zero-order valence-corrected chi connectivity index (χ0v) is 10.4. The molecule has 0 fully saturated rings. The van der Waals surface area contributed by atoms with E-state index in [4.69, 9.17) is 0 Å². The SMILES string of the molecule is CNC(C)c1ccc(-n2cc(C(F)(F)F)cn2)nc1. The smallest absolute Gasteiger partial charge is 0.313 e. The van der Waals surface area contributed by atoms with E-state index in [1.54, 1.807) is 18.3 Å². The van der Waals surface area contributed by atoms with Gasteiger partial charge in [0.2, 0.25) is 0 Å². The molecule has 19 heavy (non-hydrogen) atoms. The maximum atomic E-state index is 12.5. The molecule has 1 unspecified atom stereocenters. The zero-order valence-electron chi connectivity index (χ0n) is 10.4. The highest BCUT2D eigenvalue weighted by Gasteiger charge is 2.32. The van der Waals surface area contributed by atoms with Crippen molar-refractivity contribution in [1.82, 2.24) is 20.1 Å². The van der Waals surface area contributed by atoms with Crippen LogP contribution in [0.3, 0.4) is 0 Å². The Bertz CT molecular complexity index is 545. The predicted octanol–water partition coefficient (Wildman–Crippen LogP) is 2.57. The van der Waals surface area contributed by atoms with Crippen molar-refractivity contribution in [2.45, 2.75) is 19.1 Å². The number of hydrogen-bond acceptors (Lipinski definition) is 3. The molecule has 0 saturated heterocycles. The summed E-state index contributed by atoms with van der Waals surface area (Å²) in [6.45, 7) is 1.96. The van der Waals surface area contributed by atoms with E-state index in [1.807, 2.05) is 14.0 Å². The summed E-state index contributed by atoms with van der Waals surface area (Å²) in [5, 5.41) is 6.72. The van der Waals surface area contributed by atoms with Crippen LogP contribution in [0, 0.1) is 0 Å². The predicted molar refractivity (Wildman–Crippen MR) is 63.8 cm³/mol. The molecule has 2 aromatic heterocycles. The van der Waals surface area contributed by atoms with Crippen molar-refractivity contribution in [3.05, 3.63) is 41.9 Å². The Morgan fingerprint density at radius 3 is 2.47 bits per heavy atom. The molecule has 0 saturated carbocycles. The minimum Gasteiger partial charge on any atom is -0.313 e. The van der Waals surface area contributed by atoms with Gasteiger partial charge in [-0.25, -0.2) is 9.67 Å². The topological polar surface area (TPSA) is 42.7 Å². The average Bonchev–Trinajstić information content (AvgIpc) is 2.87. The van der Waals surface area contributed by atoms with Crippen molar-refractivity contribution >= 4 is 0 Å². The first-order valence-electron chi connectivity index (χ1n) is 5.67. The largest absolute Gasteiger partial charge is 0.419 e. The summed E-state index contributed by atoms with van der Waals surface area (Å²) in [4.78, 5) is 4.11. The molecule has 4 nitrogen and oxygen atoms in total. The Labute approximate surface area is 108 Å². The van der Waals surface area contributed by atoms with Gasteiger partial charge in [-0.3, -0.25) is 0 Å². The van der Waals surface area contributed by atoms with Crippen molar-refractivity contribution in [3.8, 4) is 5.82 Å². The quantitative estimate of drug-likeness (QED) is 0.932. The number of rotatable bonds is 3. The first-order valence-corrected chi connectivity index (χ1v) is 5.67. The summed E-state index contributed by atoms with van der Waals surface area (Å²) < 4.78 is 38.5. The van der Waals surface area contributed by atoms with Gasteiger partial charge in [0.05, 0.1) is 11.8 Å². The molecule has 0 aliphatic carbocycles. The summed E-state index contributed by atoms with van der Waals surface area (Å²) in [6.07, 6.45) is -1.07. The van der Waals surface area contributed by atoms with Crippen LogP contribution in [0.25, 0.3) is 5.82 Å². The van der Waals surface area contributed by atoms with Crippen LogP contribution in [-0.4, -0.2) is 21.8 Å². The molecule has 0 aliphatic heterocycles. The van der Waals surface area contributed by atoms with Crippen LogP contribution in [0.4, 0.5) is 13.2 Å². The number of alkyl halides is 3. The first kappa shape index (κ1) is 13.5. The van der Waals surface area contributed by atoms with Crippen LogP contribution in [0.1, 0.15) is 24.1 Å². The van der Waals surface area contributed by atoms with E-state index in [-0.39, 0.29) is 6.04 Å². The van der Waals surface area contributed by atoms with Gasteiger partial charge in [-0.1, -0.05) is 6.07 Å². The number of hydrogen-bond donors (Lipinski definition) is 1. The zero-order chi connectivity index (χ0) is 14.0. The molecule has 1 N–H and O–H groups in total. The van der Waals surface area contributed by atoms with E-state index in [0.717, 1.165) is 22.6 Å². The van der Waals surface area contributed by atoms with Crippen molar-refractivity contribution in [1.29, 1.82) is 0 Å². The van der Waals surface area contributed by atoms with Crippen molar-refractivity contribution in [3.63, 3.8) is 0 Å². The van der Waals surface area contributed by atoms with Gasteiger partial charge in [0.15, 0.2) is 5.82 Å². The number of halogens is 3. The molecule has 2 rings (SSSR count). The highest BCUT2D eigenvalue weighted by molar-refractivity contribution is 5.27. The van der Waals surface area contributed by atoms with E-state index < -0.39 is 11.7 Å². The fourth-order valence-corrected chi connectivity index (χ4v) is 1.55. The van der Waals surface area contributed by atoms with Gasteiger partial charge in [0.25, 0.3) is 0 Å². The Balaban J connectivity index is 2.25. The second-order valence-electron chi connectivity index (χ2n) is 4.13. The molecule has 0 aromatic carbocycles. The van der Waals surface area contributed by atoms with E-state index in [0.29, 0.717) is 5.82 Å². The molecule has 2 heterocycles.